The van der Waals surface area contributed by atoms with Crippen molar-refractivity contribution < 1.29 is 22.8 Å². The molecule has 2 saturated heterocycles. The Morgan fingerprint density at radius 3 is 2.29 bits per heavy atom. The summed E-state index contributed by atoms with van der Waals surface area (Å²) in [5.74, 6) is -3.16. The number of aromatic nitrogens is 2. The molecule has 0 radical (unpaired) electrons. The fourth-order valence-electron chi connectivity index (χ4n) is 7.08. The van der Waals surface area contributed by atoms with Crippen LogP contribution in [0.1, 0.15) is 37.2 Å². The molecule has 0 aliphatic carbocycles. The Hall–Kier alpha value is -4.31. The van der Waals surface area contributed by atoms with Crippen LogP contribution in [0.4, 0.5) is 18.9 Å². The number of halogens is 3. The Kier molecular flexibility index (Phi) is 5.38. The molecule has 3 aliphatic rings. The molecule has 4 aromatic rings. The highest BCUT2D eigenvalue weighted by atomic mass is 19.4. The number of rotatable bonds is 3. The van der Waals surface area contributed by atoms with E-state index in [4.69, 9.17) is 4.98 Å². The van der Waals surface area contributed by atoms with Crippen LogP contribution >= 0.6 is 0 Å². The monoisotopic (exact) mass is 558 g/mol. The van der Waals surface area contributed by atoms with Crippen molar-refractivity contribution in [2.24, 2.45) is 17.8 Å². The third-order valence-corrected chi connectivity index (χ3v) is 8.54. The summed E-state index contributed by atoms with van der Waals surface area (Å²) in [6, 6.07) is 18.1. The summed E-state index contributed by atoms with van der Waals surface area (Å²) in [7, 11) is 0. The maximum absolute atomic E-state index is 14.4. The van der Waals surface area contributed by atoms with E-state index in [-0.39, 0.29) is 17.3 Å². The van der Waals surface area contributed by atoms with E-state index >= 15 is 0 Å². The summed E-state index contributed by atoms with van der Waals surface area (Å²) < 4.78 is 43.7. The van der Waals surface area contributed by atoms with Crippen LogP contribution < -0.4 is 15.8 Å². The van der Waals surface area contributed by atoms with Gasteiger partial charge in [0.15, 0.2) is 0 Å². The van der Waals surface area contributed by atoms with Gasteiger partial charge in [-0.15, -0.1) is 0 Å². The molecule has 7 rings (SSSR count). The van der Waals surface area contributed by atoms with Gasteiger partial charge in [0.1, 0.15) is 11.4 Å². The van der Waals surface area contributed by atoms with Gasteiger partial charge in [0.2, 0.25) is 11.8 Å². The molecule has 10 heteroatoms. The SMILES string of the molecule is CC(C)C[C@@H]1N[C@]2(c3ccccc3-n3c2nc2ccccc2c3=O)[C@H]2C(=O)N(c3ccccc3C(F)(F)F)C(=O)[C@@H]12. The first-order valence-electron chi connectivity index (χ1n) is 13.5. The summed E-state index contributed by atoms with van der Waals surface area (Å²) in [5, 5.41) is 3.96. The number of hydrogen-bond donors (Lipinski definition) is 1. The van der Waals surface area contributed by atoms with Crippen molar-refractivity contribution in [3.63, 3.8) is 0 Å². The number of carbonyl (C=O) groups is 2. The third-order valence-electron chi connectivity index (χ3n) is 8.54. The second-order valence-electron chi connectivity index (χ2n) is 11.3. The van der Waals surface area contributed by atoms with Crippen molar-refractivity contribution >= 4 is 28.4 Å². The van der Waals surface area contributed by atoms with Crippen LogP contribution in [0.3, 0.4) is 0 Å². The van der Waals surface area contributed by atoms with Crippen molar-refractivity contribution in [3.05, 3.63) is 100 Å². The molecule has 0 unspecified atom stereocenters. The molecule has 3 aromatic carbocycles. The molecule has 2 amide bonds. The first-order chi connectivity index (χ1) is 19.6. The summed E-state index contributed by atoms with van der Waals surface area (Å²) in [5.41, 5.74) is -1.73. The maximum Gasteiger partial charge on any atom is 0.418 e. The second-order valence-corrected chi connectivity index (χ2v) is 11.3. The van der Waals surface area contributed by atoms with Crippen LogP contribution in [-0.4, -0.2) is 27.4 Å². The zero-order valence-corrected chi connectivity index (χ0v) is 22.1. The average Bonchev–Trinajstić information content (AvgIpc) is 3.51. The predicted octanol–water partition coefficient (Wildman–Crippen LogP) is 4.79. The lowest BCUT2D eigenvalue weighted by atomic mass is 9.75. The van der Waals surface area contributed by atoms with Crippen molar-refractivity contribution in [1.29, 1.82) is 0 Å². The van der Waals surface area contributed by atoms with Gasteiger partial charge in [-0.05, 0) is 42.7 Å². The number of imide groups is 1. The Bertz CT molecular complexity index is 1830. The fraction of sp³-hybridized carbons (Fsp3) is 0.290. The number of para-hydroxylation sites is 3. The number of carbonyl (C=O) groups excluding carboxylic acids is 2. The lowest BCUT2D eigenvalue weighted by Gasteiger charge is -2.32. The van der Waals surface area contributed by atoms with Crippen molar-refractivity contribution in [3.8, 4) is 5.69 Å². The minimum absolute atomic E-state index is 0.103. The normalized spacial score (nSPS) is 24.9. The topological polar surface area (TPSA) is 84.3 Å². The van der Waals surface area contributed by atoms with E-state index in [0.29, 0.717) is 33.5 Å². The zero-order valence-electron chi connectivity index (χ0n) is 22.1. The first kappa shape index (κ1) is 25.6. The number of nitrogens with zero attached hydrogens (tertiary/aromatic N) is 3. The highest BCUT2D eigenvalue weighted by molar-refractivity contribution is 6.23. The Morgan fingerprint density at radius 2 is 1.56 bits per heavy atom. The highest BCUT2D eigenvalue weighted by Crippen LogP contribution is 2.56. The standard InChI is InChI=1S/C31H25F3N4O3/c1-16(2)15-21-24-25(28(41)37(27(24)40)23-14-8-5-11-19(23)31(32,33)34)30(36-21)18-10-4-7-13-22(18)38-26(39)17-9-3-6-12-20(17)35-29(30)38/h3-14,16,21,24-25,36H,15H2,1-2H3/t21-,24-,25+,30+/m0/s1. The van der Waals surface area contributed by atoms with Crippen LogP contribution in [0.2, 0.25) is 0 Å². The van der Waals surface area contributed by atoms with E-state index in [1.165, 1.54) is 16.7 Å². The summed E-state index contributed by atoms with van der Waals surface area (Å²) >= 11 is 0. The van der Waals surface area contributed by atoms with Gasteiger partial charge >= 0.3 is 6.18 Å². The largest absolute Gasteiger partial charge is 0.418 e. The summed E-state index contributed by atoms with van der Waals surface area (Å²) in [6.07, 6.45) is -4.29. The van der Waals surface area contributed by atoms with E-state index in [9.17, 15) is 27.6 Å². The first-order valence-corrected chi connectivity index (χ1v) is 13.5. The number of fused-ring (bicyclic) bond motifs is 8. The molecule has 4 atom stereocenters. The Morgan fingerprint density at radius 1 is 0.902 bits per heavy atom. The molecule has 3 aliphatic heterocycles. The van der Waals surface area contributed by atoms with Gasteiger partial charge in [0, 0.05) is 11.6 Å². The quantitative estimate of drug-likeness (QED) is 0.366. The van der Waals surface area contributed by atoms with Gasteiger partial charge < -0.3 is 0 Å². The van der Waals surface area contributed by atoms with Crippen LogP contribution in [0, 0.1) is 17.8 Å². The highest BCUT2D eigenvalue weighted by Gasteiger charge is 2.70. The van der Waals surface area contributed by atoms with Gasteiger partial charge in [-0.2, -0.15) is 13.2 Å². The maximum atomic E-state index is 14.4. The van der Waals surface area contributed by atoms with Crippen molar-refractivity contribution in [2.45, 2.75) is 38.0 Å². The van der Waals surface area contributed by atoms with E-state index in [2.05, 4.69) is 5.32 Å². The molecule has 0 saturated carbocycles. The van der Waals surface area contributed by atoms with Crippen molar-refractivity contribution in [1.82, 2.24) is 14.9 Å². The molecule has 1 N–H and O–H groups in total. The van der Waals surface area contributed by atoms with Crippen molar-refractivity contribution in [2.75, 3.05) is 4.90 Å². The number of hydrogen-bond acceptors (Lipinski definition) is 5. The van der Waals surface area contributed by atoms with E-state index in [1.807, 2.05) is 13.8 Å². The van der Waals surface area contributed by atoms with Crippen LogP contribution in [0.25, 0.3) is 16.6 Å². The number of benzene rings is 3. The zero-order chi connectivity index (χ0) is 28.8. The molecule has 7 nitrogen and oxygen atoms in total. The van der Waals surface area contributed by atoms with Crippen LogP contribution in [0.15, 0.2) is 77.6 Å². The number of anilines is 1. The van der Waals surface area contributed by atoms with Crippen LogP contribution in [-0.2, 0) is 21.3 Å². The van der Waals surface area contributed by atoms with E-state index in [1.54, 1.807) is 48.5 Å². The molecule has 0 bridgehead atoms. The predicted molar refractivity (Wildman–Crippen MR) is 145 cm³/mol. The van der Waals surface area contributed by atoms with Gasteiger partial charge in [-0.3, -0.25) is 24.3 Å². The number of alkyl halides is 3. The smallest absolute Gasteiger partial charge is 0.297 e. The third kappa shape index (κ3) is 3.37. The summed E-state index contributed by atoms with van der Waals surface area (Å²) in [4.78, 5) is 48.0. The van der Waals surface area contributed by atoms with Gasteiger partial charge in [-0.25, -0.2) is 9.88 Å². The Balaban J connectivity index is 1.51. The second kappa shape index (κ2) is 8.59. The average molecular weight is 559 g/mol. The molecule has 4 heterocycles. The molecule has 1 aromatic heterocycles. The van der Waals surface area contributed by atoms with E-state index < -0.39 is 52.7 Å². The molecular formula is C31H25F3N4O3. The lowest BCUT2D eigenvalue weighted by molar-refractivity contribution is -0.137. The van der Waals surface area contributed by atoms with Gasteiger partial charge in [0.25, 0.3) is 5.56 Å². The molecule has 2 fully saturated rings. The van der Waals surface area contributed by atoms with E-state index in [0.717, 1.165) is 12.1 Å². The molecule has 208 valence electrons. The Labute approximate surface area is 232 Å². The lowest BCUT2D eigenvalue weighted by Crippen LogP contribution is -2.50. The minimum atomic E-state index is -4.78. The molecule has 1 spiro atoms. The van der Waals surface area contributed by atoms with Crippen LogP contribution in [0.5, 0.6) is 0 Å². The summed E-state index contributed by atoms with van der Waals surface area (Å²) in [6.45, 7) is 3.96. The van der Waals surface area contributed by atoms with Gasteiger partial charge in [0.05, 0.1) is 39.7 Å². The number of amides is 2. The minimum Gasteiger partial charge on any atom is -0.297 e. The fourth-order valence-corrected chi connectivity index (χ4v) is 7.08. The molecular weight excluding hydrogens is 533 g/mol. The molecule has 41 heavy (non-hydrogen) atoms. The number of nitrogens with one attached hydrogen (secondary N) is 1. The van der Waals surface area contributed by atoms with Gasteiger partial charge in [-0.1, -0.05) is 56.3 Å².